The molecule has 1 aromatic carbocycles. The maximum atomic E-state index is 12.4. The first kappa shape index (κ1) is 19.6. The number of nitrogens with two attached hydrogens (primary N) is 1. The Morgan fingerprint density at radius 1 is 1.20 bits per heavy atom. The van der Waals surface area contributed by atoms with Crippen LogP contribution in [0.3, 0.4) is 0 Å². The Labute approximate surface area is 151 Å². The molecule has 1 fully saturated rings. The van der Waals surface area contributed by atoms with Gasteiger partial charge < -0.3 is 10.6 Å². The summed E-state index contributed by atoms with van der Waals surface area (Å²) in [5.41, 5.74) is 8.00. The number of likely N-dealkylation sites (tertiary alicyclic amines) is 1. The number of carbonyl (C=O) groups excluding carboxylic acids is 2. The molecule has 1 saturated heterocycles. The van der Waals surface area contributed by atoms with Gasteiger partial charge in [0.25, 0.3) is 0 Å². The lowest BCUT2D eigenvalue weighted by atomic mass is 9.79. The molecule has 0 saturated carbocycles. The van der Waals surface area contributed by atoms with E-state index in [1.54, 1.807) is 0 Å². The molecule has 1 aliphatic rings. The summed E-state index contributed by atoms with van der Waals surface area (Å²) in [6.45, 7) is 9.92. The molecule has 0 aromatic heterocycles. The average Bonchev–Trinajstić information content (AvgIpc) is 2.55. The minimum atomic E-state index is -0.0653. The highest BCUT2D eigenvalue weighted by molar-refractivity contribution is 5.98. The lowest BCUT2D eigenvalue weighted by Crippen LogP contribution is -2.54. The monoisotopic (exact) mass is 344 g/mol. The highest BCUT2D eigenvalue weighted by Gasteiger charge is 2.35. The second-order valence-electron chi connectivity index (χ2n) is 8.42. The first-order valence-corrected chi connectivity index (χ1v) is 9.34. The number of hydrogen-bond donors (Lipinski definition) is 1. The lowest BCUT2D eigenvalue weighted by molar-refractivity contribution is -0.134. The molecular weight excluding hydrogens is 312 g/mol. The van der Waals surface area contributed by atoms with Gasteiger partial charge in [0.15, 0.2) is 5.78 Å². The molecule has 1 aliphatic heterocycles. The van der Waals surface area contributed by atoms with E-state index in [9.17, 15) is 9.59 Å². The maximum Gasteiger partial charge on any atom is 0.223 e. The standard InChI is InChI=1S/C21H32N2O2/c1-15(2)13-16-5-7-17(8-6-16)18(24)9-10-20(25)23-12-11-19(22)21(3,4)14-23/h5-8,15,19H,9-14,22H2,1-4H3. The van der Waals surface area contributed by atoms with Gasteiger partial charge in [0.05, 0.1) is 0 Å². The van der Waals surface area contributed by atoms with Crippen LogP contribution >= 0.6 is 0 Å². The third kappa shape index (κ3) is 5.40. The van der Waals surface area contributed by atoms with Crippen LogP contribution in [-0.2, 0) is 11.2 Å². The van der Waals surface area contributed by atoms with E-state index in [4.69, 9.17) is 5.73 Å². The van der Waals surface area contributed by atoms with Gasteiger partial charge in [-0.25, -0.2) is 0 Å². The SMILES string of the molecule is CC(C)Cc1ccc(C(=O)CCC(=O)N2CCC(N)C(C)(C)C2)cc1. The van der Waals surface area contributed by atoms with Crippen molar-refractivity contribution < 1.29 is 9.59 Å². The van der Waals surface area contributed by atoms with Crippen LogP contribution in [0.1, 0.15) is 62.9 Å². The molecule has 0 spiro atoms. The number of benzene rings is 1. The zero-order valence-corrected chi connectivity index (χ0v) is 16.0. The largest absolute Gasteiger partial charge is 0.342 e. The van der Waals surface area contributed by atoms with Gasteiger partial charge in [-0.15, -0.1) is 0 Å². The van der Waals surface area contributed by atoms with Crippen molar-refractivity contribution in [2.45, 2.75) is 59.4 Å². The van der Waals surface area contributed by atoms with Gasteiger partial charge in [-0.05, 0) is 29.7 Å². The summed E-state index contributed by atoms with van der Waals surface area (Å²) >= 11 is 0. The highest BCUT2D eigenvalue weighted by atomic mass is 16.2. The van der Waals surface area contributed by atoms with Gasteiger partial charge >= 0.3 is 0 Å². The quantitative estimate of drug-likeness (QED) is 0.804. The molecular formula is C21H32N2O2. The van der Waals surface area contributed by atoms with Gasteiger partial charge in [-0.2, -0.15) is 0 Å². The number of ketones is 1. The van der Waals surface area contributed by atoms with Crippen molar-refractivity contribution in [1.82, 2.24) is 4.90 Å². The Balaban J connectivity index is 1.86. The number of rotatable bonds is 6. The third-order valence-electron chi connectivity index (χ3n) is 5.15. The van der Waals surface area contributed by atoms with Gasteiger partial charge in [-0.3, -0.25) is 9.59 Å². The van der Waals surface area contributed by atoms with E-state index >= 15 is 0 Å². The maximum absolute atomic E-state index is 12.4. The first-order valence-electron chi connectivity index (χ1n) is 9.34. The van der Waals surface area contributed by atoms with Crippen molar-refractivity contribution in [2.75, 3.05) is 13.1 Å². The van der Waals surface area contributed by atoms with Crippen molar-refractivity contribution in [3.05, 3.63) is 35.4 Å². The Bertz CT molecular complexity index is 605. The van der Waals surface area contributed by atoms with E-state index in [0.29, 0.717) is 24.6 Å². The number of amides is 1. The zero-order valence-electron chi connectivity index (χ0n) is 16.0. The Morgan fingerprint density at radius 2 is 1.84 bits per heavy atom. The first-order chi connectivity index (χ1) is 11.7. The van der Waals surface area contributed by atoms with Crippen molar-refractivity contribution in [3.63, 3.8) is 0 Å². The number of carbonyl (C=O) groups is 2. The summed E-state index contributed by atoms with van der Waals surface area (Å²) in [7, 11) is 0. The van der Waals surface area contributed by atoms with Gasteiger partial charge in [0, 0.05) is 37.5 Å². The topological polar surface area (TPSA) is 63.4 Å². The minimum Gasteiger partial charge on any atom is -0.342 e. The molecule has 1 atom stereocenters. The van der Waals surface area contributed by atoms with Gasteiger partial charge in [0.2, 0.25) is 5.91 Å². The zero-order chi connectivity index (χ0) is 18.6. The Morgan fingerprint density at radius 3 is 2.40 bits per heavy atom. The van der Waals surface area contributed by atoms with Crippen LogP contribution in [0.15, 0.2) is 24.3 Å². The van der Waals surface area contributed by atoms with Crippen molar-refractivity contribution in [3.8, 4) is 0 Å². The molecule has 138 valence electrons. The molecule has 4 nitrogen and oxygen atoms in total. The predicted molar refractivity (Wildman–Crippen MR) is 102 cm³/mol. The smallest absolute Gasteiger partial charge is 0.223 e. The molecule has 0 bridgehead atoms. The normalized spacial score (nSPS) is 19.9. The minimum absolute atomic E-state index is 0.0393. The summed E-state index contributed by atoms with van der Waals surface area (Å²) in [4.78, 5) is 26.7. The molecule has 4 heteroatoms. The molecule has 0 radical (unpaired) electrons. The summed E-state index contributed by atoms with van der Waals surface area (Å²) in [5.74, 6) is 0.697. The molecule has 1 unspecified atom stereocenters. The predicted octanol–water partition coefficient (Wildman–Crippen LogP) is 3.43. The van der Waals surface area contributed by atoms with E-state index in [1.807, 2.05) is 29.2 Å². The fourth-order valence-corrected chi connectivity index (χ4v) is 3.41. The molecule has 1 heterocycles. The molecule has 2 N–H and O–H groups in total. The molecule has 0 aliphatic carbocycles. The van der Waals surface area contributed by atoms with Crippen molar-refractivity contribution >= 4 is 11.7 Å². The van der Waals surface area contributed by atoms with Gasteiger partial charge in [-0.1, -0.05) is 52.0 Å². The van der Waals surface area contributed by atoms with Crippen molar-refractivity contribution in [2.24, 2.45) is 17.1 Å². The fourth-order valence-electron chi connectivity index (χ4n) is 3.41. The van der Waals surface area contributed by atoms with Crippen LogP contribution in [0.5, 0.6) is 0 Å². The Hall–Kier alpha value is -1.68. The van der Waals surface area contributed by atoms with Crippen LogP contribution < -0.4 is 5.73 Å². The number of Topliss-reactive ketones (excluding diaryl/α,β-unsaturated/α-hetero) is 1. The average molecular weight is 344 g/mol. The molecule has 1 aromatic rings. The fraction of sp³-hybridized carbons (Fsp3) is 0.619. The second kappa shape index (κ2) is 8.13. The Kier molecular flexibility index (Phi) is 6.39. The summed E-state index contributed by atoms with van der Waals surface area (Å²) in [6.07, 6.45) is 2.38. The van der Waals surface area contributed by atoms with E-state index in [1.165, 1.54) is 5.56 Å². The number of hydrogen-bond acceptors (Lipinski definition) is 3. The third-order valence-corrected chi connectivity index (χ3v) is 5.15. The molecule has 1 amide bonds. The van der Waals surface area contributed by atoms with E-state index in [0.717, 1.165) is 12.8 Å². The summed E-state index contributed by atoms with van der Waals surface area (Å²) < 4.78 is 0. The summed E-state index contributed by atoms with van der Waals surface area (Å²) in [6, 6.07) is 7.93. The van der Waals surface area contributed by atoms with E-state index in [-0.39, 0.29) is 36.0 Å². The van der Waals surface area contributed by atoms with E-state index in [2.05, 4.69) is 27.7 Å². The van der Waals surface area contributed by atoms with Gasteiger partial charge in [0.1, 0.15) is 0 Å². The number of nitrogens with zero attached hydrogens (tertiary/aromatic N) is 1. The van der Waals surface area contributed by atoms with Crippen LogP contribution in [-0.4, -0.2) is 35.7 Å². The molecule has 25 heavy (non-hydrogen) atoms. The lowest BCUT2D eigenvalue weighted by Gasteiger charge is -2.42. The highest BCUT2D eigenvalue weighted by Crippen LogP contribution is 2.28. The van der Waals surface area contributed by atoms with E-state index < -0.39 is 0 Å². The summed E-state index contributed by atoms with van der Waals surface area (Å²) in [5, 5.41) is 0. The van der Waals surface area contributed by atoms with Crippen LogP contribution in [0.25, 0.3) is 0 Å². The van der Waals surface area contributed by atoms with Crippen LogP contribution in [0, 0.1) is 11.3 Å². The van der Waals surface area contributed by atoms with Crippen molar-refractivity contribution in [1.29, 1.82) is 0 Å². The van der Waals surface area contributed by atoms with Crippen LogP contribution in [0.4, 0.5) is 0 Å². The number of piperidine rings is 1. The molecule has 2 rings (SSSR count). The second-order valence-corrected chi connectivity index (χ2v) is 8.42. The van der Waals surface area contributed by atoms with Crippen LogP contribution in [0.2, 0.25) is 0 Å².